The molecule has 3 heterocycles. The van der Waals surface area contributed by atoms with Crippen molar-refractivity contribution in [3.63, 3.8) is 0 Å². The molecular weight excluding hydrogens is 458 g/mol. The first kappa shape index (κ1) is 26.5. The highest BCUT2D eigenvalue weighted by molar-refractivity contribution is 7.85. The lowest BCUT2D eigenvalue weighted by atomic mass is 10.1. The molecule has 0 aromatic carbocycles. The number of fused-ring (bicyclic) bond motifs is 1. The Kier molecular flexibility index (Phi) is 10.1. The van der Waals surface area contributed by atoms with Crippen molar-refractivity contribution in [3.8, 4) is 0 Å². The molecule has 1 saturated heterocycles. The number of imidazole rings is 1. The number of hydrogen-bond acceptors (Lipinski definition) is 5. The maximum Gasteiger partial charge on any atom is 0.225 e. The summed E-state index contributed by atoms with van der Waals surface area (Å²) in [5, 5.41) is 13.1. The molecule has 3 rings (SSSR count). The first-order valence-corrected chi connectivity index (χ1v) is 14.3. The quantitative estimate of drug-likeness (QED) is 0.113. The lowest BCUT2D eigenvalue weighted by Crippen LogP contribution is -2.46. The minimum absolute atomic E-state index is 0.0522. The molecule has 0 spiro atoms. The smallest absolute Gasteiger partial charge is 0.225 e. The van der Waals surface area contributed by atoms with Crippen molar-refractivity contribution >= 4 is 33.6 Å². The van der Waals surface area contributed by atoms with Crippen molar-refractivity contribution in [2.45, 2.75) is 108 Å². The Balaban J connectivity index is 1.39. The van der Waals surface area contributed by atoms with Gasteiger partial charge in [0.2, 0.25) is 5.28 Å². The number of likely N-dealkylation sites (tertiary alicyclic amines) is 1. The van der Waals surface area contributed by atoms with Gasteiger partial charge in [-0.15, -0.1) is 0 Å². The molecule has 0 aliphatic carbocycles. The first-order chi connectivity index (χ1) is 15.8. The second-order valence-corrected chi connectivity index (χ2v) is 12.0. The molecule has 2 aromatic heterocycles. The van der Waals surface area contributed by atoms with Gasteiger partial charge in [0.25, 0.3) is 0 Å². The van der Waals surface area contributed by atoms with Crippen LogP contribution in [0.4, 0.5) is 0 Å². The van der Waals surface area contributed by atoms with Crippen LogP contribution in [0.25, 0.3) is 11.2 Å². The Morgan fingerprint density at radius 1 is 0.970 bits per heavy atom. The zero-order valence-electron chi connectivity index (χ0n) is 20.5. The van der Waals surface area contributed by atoms with Gasteiger partial charge in [0.15, 0.2) is 10.7 Å². The highest BCUT2D eigenvalue weighted by atomic mass is 35.5. The van der Waals surface area contributed by atoms with E-state index in [-0.39, 0.29) is 15.2 Å². The minimum Gasteiger partial charge on any atom is -0.633 e. The Bertz CT molecular complexity index is 927. The summed E-state index contributed by atoms with van der Waals surface area (Å²) in [5.41, 5.74) is 1.29. The molecule has 1 fully saturated rings. The third-order valence-electron chi connectivity index (χ3n) is 6.68. The Morgan fingerprint density at radius 3 is 2.21 bits per heavy atom. The van der Waals surface area contributed by atoms with Gasteiger partial charge in [-0.25, -0.2) is 9.97 Å². The van der Waals surface area contributed by atoms with Crippen molar-refractivity contribution in [1.29, 1.82) is 0 Å². The van der Waals surface area contributed by atoms with Crippen LogP contribution in [0.3, 0.4) is 0 Å². The van der Waals surface area contributed by atoms with Crippen LogP contribution >= 0.6 is 11.6 Å². The molecule has 0 amide bonds. The van der Waals surface area contributed by atoms with E-state index in [4.69, 9.17) is 11.6 Å². The van der Waals surface area contributed by atoms with Crippen molar-refractivity contribution in [1.82, 2.24) is 19.5 Å². The second kappa shape index (κ2) is 12.6. The number of hydrogen-bond donors (Lipinski definition) is 0. The average Bonchev–Trinajstić information content (AvgIpc) is 3.08. The number of hydroxylamine groups is 3. The molecule has 0 N–H and O–H groups in total. The first-order valence-electron chi connectivity index (χ1n) is 12.7. The van der Waals surface area contributed by atoms with E-state index in [1.165, 1.54) is 38.5 Å². The van der Waals surface area contributed by atoms with E-state index in [2.05, 4.69) is 19.5 Å². The zero-order chi connectivity index (χ0) is 23.8. The van der Waals surface area contributed by atoms with E-state index in [0.717, 1.165) is 69.6 Å². The molecule has 0 bridgehead atoms. The lowest BCUT2D eigenvalue weighted by Gasteiger charge is -2.45. The van der Waals surface area contributed by atoms with E-state index in [1.54, 1.807) is 0 Å². The topological polar surface area (TPSA) is 83.7 Å². The molecule has 0 radical (unpaired) electrons. The fourth-order valence-corrected chi connectivity index (χ4v) is 6.00. The molecule has 1 unspecified atom stereocenters. The van der Waals surface area contributed by atoms with Gasteiger partial charge in [0.05, 0.1) is 30.4 Å². The van der Waals surface area contributed by atoms with Gasteiger partial charge in [0, 0.05) is 11.8 Å². The van der Waals surface area contributed by atoms with Crippen LogP contribution in [-0.2, 0) is 17.3 Å². The normalized spacial score (nSPS) is 17.2. The molecule has 186 valence electrons. The van der Waals surface area contributed by atoms with Crippen LogP contribution in [0.15, 0.2) is 5.03 Å². The number of aryl methyl sites for hydroxylation is 2. The van der Waals surface area contributed by atoms with Crippen LogP contribution in [0.5, 0.6) is 0 Å². The molecule has 33 heavy (non-hydrogen) atoms. The van der Waals surface area contributed by atoms with Crippen LogP contribution in [0.2, 0.25) is 5.28 Å². The largest absolute Gasteiger partial charge is 0.633 e. The van der Waals surface area contributed by atoms with Gasteiger partial charge in [-0.3, -0.25) is 4.21 Å². The summed E-state index contributed by atoms with van der Waals surface area (Å²) in [5.74, 6) is 0.857. The van der Waals surface area contributed by atoms with Crippen molar-refractivity contribution in [2.75, 3.05) is 19.6 Å². The summed E-state index contributed by atoms with van der Waals surface area (Å²) in [6.07, 6.45) is 12.8. The van der Waals surface area contributed by atoms with Gasteiger partial charge in [-0.1, -0.05) is 46.0 Å². The molecule has 1 aliphatic heterocycles. The SMILES string of the molecule is Cc1nc2nc(Cl)nc(S(=O)C(C)C)c2n1CCCCCCCCCC[N+]1([O-])CCCCC1. The average molecular weight is 498 g/mol. The number of piperidine rings is 1. The van der Waals surface area contributed by atoms with Crippen LogP contribution in [-0.4, -0.2) is 53.3 Å². The molecule has 7 nitrogen and oxygen atoms in total. The zero-order valence-corrected chi connectivity index (χ0v) is 22.1. The number of rotatable bonds is 13. The van der Waals surface area contributed by atoms with Gasteiger partial charge >= 0.3 is 0 Å². The molecule has 1 aliphatic rings. The van der Waals surface area contributed by atoms with E-state index < -0.39 is 10.8 Å². The number of halogens is 1. The van der Waals surface area contributed by atoms with Gasteiger partial charge < -0.3 is 14.4 Å². The third-order valence-corrected chi connectivity index (χ3v) is 8.37. The van der Waals surface area contributed by atoms with Gasteiger partial charge in [0.1, 0.15) is 11.3 Å². The Morgan fingerprint density at radius 2 is 1.58 bits per heavy atom. The number of unbranched alkanes of at least 4 members (excludes halogenated alkanes) is 7. The van der Waals surface area contributed by atoms with Crippen LogP contribution < -0.4 is 0 Å². The van der Waals surface area contributed by atoms with Gasteiger partial charge in [-0.2, -0.15) is 4.98 Å². The number of aromatic nitrogens is 4. The van der Waals surface area contributed by atoms with E-state index >= 15 is 0 Å². The van der Waals surface area contributed by atoms with Crippen molar-refractivity contribution < 1.29 is 8.86 Å². The van der Waals surface area contributed by atoms with E-state index in [9.17, 15) is 9.42 Å². The molecular formula is C24H40ClN5O2S. The highest BCUT2D eigenvalue weighted by Crippen LogP contribution is 2.25. The van der Waals surface area contributed by atoms with Crippen molar-refractivity contribution in [2.24, 2.45) is 0 Å². The summed E-state index contributed by atoms with van der Waals surface area (Å²) in [4.78, 5) is 13.1. The van der Waals surface area contributed by atoms with E-state index in [0.29, 0.717) is 10.7 Å². The Labute approximate surface area is 206 Å². The lowest BCUT2D eigenvalue weighted by molar-refractivity contribution is -0.885. The highest BCUT2D eigenvalue weighted by Gasteiger charge is 2.22. The summed E-state index contributed by atoms with van der Waals surface area (Å²) in [6.45, 7) is 9.09. The molecule has 9 heteroatoms. The summed E-state index contributed by atoms with van der Waals surface area (Å²) >= 11 is 6.07. The van der Waals surface area contributed by atoms with Crippen LogP contribution in [0, 0.1) is 12.1 Å². The fraction of sp³-hybridized carbons (Fsp3) is 0.792. The maximum atomic E-state index is 12.8. The summed E-state index contributed by atoms with van der Waals surface area (Å²) in [6, 6.07) is 0. The number of quaternary nitrogens is 1. The monoisotopic (exact) mass is 497 g/mol. The summed E-state index contributed by atoms with van der Waals surface area (Å²) < 4.78 is 15.0. The number of nitrogens with zero attached hydrogens (tertiary/aromatic N) is 5. The maximum absolute atomic E-state index is 12.8. The van der Waals surface area contributed by atoms with Gasteiger partial charge in [-0.05, 0) is 57.0 Å². The standard InChI is InChI=1S/C24H40ClN5O2S/c1-19(2)33(32)23-21-22(27-24(25)28-23)26-20(3)29(21)15-11-8-6-4-5-7-9-12-16-30(31)17-13-10-14-18-30/h19H,4-18H2,1-3H3. The minimum atomic E-state index is -1.25. The molecule has 0 saturated carbocycles. The van der Waals surface area contributed by atoms with E-state index in [1.807, 2.05) is 20.8 Å². The summed E-state index contributed by atoms with van der Waals surface area (Å²) in [7, 11) is -1.25. The second-order valence-electron chi connectivity index (χ2n) is 9.74. The molecule has 1 atom stereocenters. The van der Waals surface area contributed by atoms with Crippen LogP contribution in [0.1, 0.15) is 90.3 Å². The predicted octanol–water partition coefficient (Wildman–Crippen LogP) is 5.92. The Hall–Kier alpha value is -1.09. The molecule has 2 aromatic rings. The van der Waals surface area contributed by atoms with Crippen molar-refractivity contribution in [3.05, 3.63) is 16.3 Å². The third kappa shape index (κ3) is 7.44. The predicted molar refractivity (Wildman–Crippen MR) is 136 cm³/mol. The fourth-order valence-electron chi connectivity index (χ4n) is 4.77.